The fraction of sp³-hybridized carbons (Fsp3) is 0.0882. The zero-order chi connectivity index (χ0) is 26.3. The van der Waals surface area contributed by atoms with E-state index >= 15 is 0 Å². The van der Waals surface area contributed by atoms with Gasteiger partial charge in [-0.15, -0.1) is 0 Å². The number of carbonyl (C=O) groups excluding carboxylic acids is 2. The number of hydrogen-bond acceptors (Lipinski definition) is 4. The molecule has 0 saturated heterocycles. The molecule has 0 saturated carbocycles. The van der Waals surface area contributed by atoms with Gasteiger partial charge in [0.05, 0.1) is 5.69 Å². The third-order valence-corrected chi connectivity index (χ3v) is 8.33. The second-order valence-corrected chi connectivity index (χ2v) is 10.3. The molecule has 0 N–H and O–H groups in total. The molecule has 0 fully saturated rings. The van der Waals surface area contributed by atoms with Crippen LogP contribution in [0.1, 0.15) is 38.3 Å². The molecular formula is C34H21NO4. The Kier molecular flexibility index (Phi) is 4.37. The largest absolute Gasteiger partial charge is 0.483 e. The number of fused-ring (bicyclic) bond motifs is 9. The van der Waals surface area contributed by atoms with Gasteiger partial charge in [0.15, 0.2) is 17.3 Å². The van der Waals surface area contributed by atoms with Crippen molar-refractivity contribution in [3.63, 3.8) is 0 Å². The number of hydrogen-bond donors (Lipinski definition) is 0. The van der Waals surface area contributed by atoms with Crippen LogP contribution in [0.2, 0.25) is 0 Å². The summed E-state index contributed by atoms with van der Waals surface area (Å²) >= 11 is 0. The van der Waals surface area contributed by atoms with Crippen LogP contribution in [0, 0.1) is 0 Å². The van der Waals surface area contributed by atoms with E-state index < -0.39 is 11.1 Å². The van der Waals surface area contributed by atoms with E-state index in [1.165, 1.54) is 0 Å². The maximum Gasteiger partial charge on any atom is 0.295 e. The summed E-state index contributed by atoms with van der Waals surface area (Å²) in [4.78, 5) is 42.7. The Labute approximate surface area is 223 Å². The van der Waals surface area contributed by atoms with Crippen molar-refractivity contribution in [3.05, 3.63) is 136 Å². The highest BCUT2D eigenvalue weighted by atomic mass is 16.5. The number of ether oxygens (including phenoxy) is 1. The third-order valence-electron chi connectivity index (χ3n) is 8.33. The first-order valence-corrected chi connectivity index (χ1v) is 13.0. The second kappa shape index (κ2) is 7.74. The highest BCUT2D eigenvalue weighted by Gasteiger charge is 2.56. The quantitative estimate of drug-likeness (QED) is 0.268. The molecule has 2 aliphatic heterocycles. The van der Waals surface area contributed by atoms with Crippen molar-refractivity contribution in [1.82, 2.24) is 4.57 Å². The van der Waals surface area contributed by atoms with Crippen LogP contribution in [0.15, 0.2) is 108 Å². The molecule has 0 radical (unpaired) electrons. The fourth-order valence-corrected chi connectivity index (χ4v) is 6.71. The molecule has 5 heteroatoms. The van der Waals surface area contributed by atoms with Crippen molar-refractivity contribution >= 4 is 11.6 Å². The van der Waals surface area contributed by atoms with E-state index in [1.807, 2.05) is 78.9 Å². The summed E-state index contributed by atoms with van der Waals surface area (Å²) < 4.78 is 7.78. The minimum atomic E-state index is -1.49. The molecule has 1 unspecified atom stereocenters. The lowest BCUT2D eigenvalue weighted by Gasteiger charge is -2.36. The molecule has 1 atom stereocenters. The molecule has 1 aliphatic carbocycles. The molecule has 0 amide bonds. The van der Waals surface area contributed by atoms with Gasteiger partial charge >= 0.3 is 0 Å². The zero-order valence-electron chi connectivity index (χ0n) is 20.8. The molecule has 1 spiro atoms. The number of Topliss-reactive ketones (excluding diaryl/α,β-unsaturated/α-hetero) is 2. The van der Waals surface area contributed by atoms with Gasteiger partial charge in [0, 0.05) is 34.2 Å². The van der Waals surface area contributed by atoms with Crippen LogP contribution in [-0.2, 0) is 12.1 Å². The van der Waals surface area contributed by atoms with Crippen LogP contribution in [0.3, 0.4) is 0 Å². The highest BCUT2D eigenvalue weighted by molar-refractivity contribution is 6.20. The third kappa shape index (κ3) is 2.71. The lowest BCUT2D eigenvalue weighted by atomic mass is 9.72. The van der Waals surface area contributed by atoms with Crippen LogP contribution in [-0.4, -0.2) is 16.1 Å². The van der Waals surface area contributed by atoms with Gasteiger partial charge in [-0.05, 0) is 22.3 Å². The molecular weight excluding hydrogens is 486 g/mol. The number of pyridine rings is 1. The minimum Gasteiger partial charge on any atom is -0.483 e. The van der Waals surface area contributed by atoms with Crippen molar-refractivity contribution < 1.29 is 14.3 Å². The molecule has 0 bridgehead atoms. The van der Waals surface area contributed by atoms with Gasteiger partial charge in [0.25, 0.3) is 5.56 Å². The smallest absolute Gasteiger partial charge is 0.295 e. The summed E-state index contributed by atoms with van der Waals surface area (Å²) in [6.45, 7) is 0.252. The van der Waals surface area contributed by atoms with E-state index in [9.17, 15) is 14.4 Å². The lowest BCUT2D eigenvalue weighted by Crippen LogP contribution is -2.50. The standard InChI is InChI=1S/C34H21NO4/c36-27-18-34(32(37)24-15-7-6-14-23(24)27)26-17-9-8-16-25(26)30-28(20-10-2-1-3-11-20)29-22-13-5-4-12-21(22)19-39-31(29)33(38)35(30)34/h1-17H,18-19H2. The first-order valence-electron chi connectivity index (χ1n) is 13.0. The molecule has 5 aromatic rings. The molecule has 3 aliphatic rings. The van der Waals surface area contributed by atoms with Crippen LogP contribution in [0.4, 0.5) is 0 Å². The van der Waals surface area contributed by atoms with Crippen LogP contribution in [0.25, 0.3) is 33.5 Å². The van der Waals surface area contributed by atoms with Gasteiger partial charge in [0.2, 0.25) is 0 Å². The lowest BCUT2D eigenvalue weighted by molar-refractivity contribution is 0.0756. The van der Waals surface area contributed by atoms with Gasteiger partial charge in [-0.2, -0.15) is 0 Å². The van der Waals surface area contributed by atoms with Crippen molar-refractivity contribution in [2.45, 2.75) is 18.6 Å². The number of benzene rings is 4. The molecule has 5 nitrogen and oxygen atoms in total. The summed E-state index contributed by atoms with van der Waals surface area (Å²) in [5.41, 5.74) is 5.31. The van der Waals surface area contributed by atoms with E-state index in [0.717, 1.165) is 33.4 Å². The van der Waals surface area contributed by atoms with Crippen molar-refractivity contribution in [3.8, 4) is 39.3 Å². The van der Waals surface area contributed by atoms with Gasteiger partial charge in [-0.1, -0.05) is 103 Å². The summed E-state index contributed by atoms with van der Waals surface area (Å²) in [6, 6.07) is 32.3. The molecule has 4 aromatic carbocycles. The number of nitrogens with zero attached hydrogens (tertiary/aromatic N) is 1. The molecule has 8 rings (SSSR count). The van der Waals surface area contributed by atoms with Crippen LogP contribution >= 0.6 is 0 Å². The maximum absolute atomic E-state index is 14.6. The van der Waals surface area contributed by atoms with Gasteiger partial charge < -0.3 is 4.74 Å². The second-order valence-electron chi connectivity index (χ2n) is 10.3. The highest BCUT2D eigenvalue weighted by Crippen LogP contribution is 2.55. The van der Waals surface area contributed by atoms with Gasteiger partial charge in [0.1, 0.15) is 12.1 Å². The minimum absolute atomic E-state index is 0.129. The Morgan fingerprint density at radius 3 is 2.08 bits per heavy atom. The number of rotatable bonds is 1. The van der Waals surface area contributed by atoms with Gasteiger partial charge in [-0.25, -0.2) is 0 Å². The summed E-state index contributed by atoms with van der Waals surface area (Å²) in [5.74, 6) is -0.200. The molecule has 186 valence electrons. The predicted octanol–water partition coefficient (Wildman–Crippen LogP) is 6.27. The van der Waals surface area contributed by atoms with E-state index in [4.69, 9.17) is 4.74 Å². The Bertz CT molecular complexity index is 1950. The number of ketones is 2. The van der Waals surface area contributed by atoms with E-state index in [1.54, 1.807) is 28.8 Å². The average Bonchev–Trinajstić information content (AvgIpc) is 3.27. The number of aromatic nitrogens is 1. The van der Waals surface area contributed by atoms with E-state index in [0.29, 0.717) is 22.4 Å². The van der Waals surface area contributed by atoms with Gasteiger partial charge in [-0.3, -0.25) is 19.0 Å². The number of carbonyl (C=O) groups is 2. The van der Waals surface area contributed by atoms with E-state index in [2.05, 4.69) is 0 Å². The van der Waals surface area contributed by atoms with Crippen molar-refractivity contribution in [2.24, 2.45) is 0 Å². The predicted molar refractivity (Wildman–Crippen MR) is 148 cm³/mol. The SMILES string of the molecule is O=C1CC2(C(=O)c3ccccc31)c1ccccc1-c1c(-c3ccccc3)c3c(c(=O)n12)OCc1ccccc1-3. The van der Waals surface area contributed by atoms with Crippen LogP contribution < -0.4 is 10.3 Å². The molecule has 39 heavy (non-hydrogen) atoms. The van der Waals surface area contributed by atoms with Crippen molar-refractivity contribution in [1.29, 1.82) is 0 Å². The normalized spacial score (nSPS) is 18.1. The molecule has 3 heterocycles. The Balaban J connectivity index is 1.58. The summed E-state index contributed by atoms with van der Waals surface area (Å²) in [7, 11) is 0. The van der Waals surface area contributed by atoms with E-state index in [-0.39, 0.29) is 30.3 Å². The topological polar surface area (TPSA) is 65.4 Å². The summed E-state index contributed by atoms with van der Waals surface area (Å²) in [5, 5.41) is 0. The Hall–Kier alpha value is -5.03. The monoisotopic (exact) mass is 507 g/mol. The Morgan fingerprint density at radius 1 is 0.641 bits per heavy atom. The molecule has 1 aromatic heterocycles. The average molecular weight is 508 g/mol. The first-order chi connectivity index (χ1) is 19.1. The van der Waals surface area contributed by atoms with Crippen molar-refractivity contribution in [2.75, 3.05) is 0 Å². The first kappa shape index (κ1) is 22.0. The van der Waals surface area contributed by atoms with Crippen LogP contribution in [0.5, 0.6) is 5.75 Å². The summed E-state index contributed by atoms with van der Waals surface area (Å²) in [6.07, 6.45) is -0.129. The maximum atomic E-state index is 14.6. The Morgan fingerprint density at radius 2 is 1.28 bits per heavy atom. The fourth-order valence-electron chi connectivity index (χ4n) is 6.71. The zero-order valence-corrected chi connectivity index (χ0v) is 20.8.